The van der Waals surface area contributed by atoms with Crippen LogP contribution >= 0.6 is 0 Å². The van der Waals surface area contributed by atoms with Gasteiger partial charge in [0.2, 0.25) is 0 Å². The molecule has 0 aliphatic heterocycles. The molecule has 0 unspecified atom stereocenters. The molecular weight excluding hydrogens is 296 g/mol. The maximum absolute atomic E-state index is 12.7. The van der Waals surface area contributed by atoms with E-state index in [-0.39, 0.29) is 17.4 Å². The van der Waals surface area contributed by atoms with Gasteiger partial charge in [0, 0.05) is 6.04 Å². The first kappa shape index (κ1) is 15.2. The van der Waals surface area contributed by atoms with E-state index in [1.165, 1.54) is 11.1 Å². The van der Waals surface area contributed by atoms with Crippen LogP contribution in [0, 0.1) is 10.1 Å². The third-order valence-electron chi connectivity index (χ3n) is 4.11. The van der Waals surface area contributed by atoms with Crippen molar-refractivity contribution in [3.05, 3.63) is 57.0 Å². The first-order valence-corrected chi connectivity index (χ1v) is 7.75. The summed E-state index contributed by atoms with van der Waals surface area (Å²) in [7, 11) is 0. The van der Waals surface area contributed by atoms with Crippen LogP contribution in [0.2, 0.25) is 0 Å². The van der Waals surface area contributed by atoms with Gasteiger partial charge in [0.25, 0.3) is 0 Å². The summed E-state index contributed by atoms with van der Waals surface area (Å²) < 4.78 is 1.19. The normalized spacial score (nSPS) is 15.3. The lowest BCUT2D eigenvalue weighted by Gasteiger charge is -2.23. The van der Waals surface area contributed by atoms with Crippen molar-refractivity contribution in [2.24, 2.45) is 0 Å². The summed E-state index contributed by atoms with van der Waals surface area (Å²) in [4.78, 5) is 23.4. The van der Waals surface area contributed by atoms with Gasteiger partial charge in [-0.1, -0.05) is 37.5 Å². The molecule has 0 spiro atoms. The molecule has 1 heterocycles. The van der Waals surface area contributed by atoms with Crippen molar-refractivity contribution in [2.75, 3.05) is 5.32 Å². The van der Waals surface area contributed by atoms with Crippen molar-refractivity contribution in [1.82, 2.24) is 9.78 Å². The zero-order chi connectivity index (χ0) is 16.2. The van der Waals surface area contributed by atoms with Crippen molar-refractivity contribution in [3.63, 3.8) is 0 Å². The van der Waals surface area contributed by atoms with Crippen molar-refractivity contribution < 1.29 is 4.92 Å². The van der Waals surface area contributed by atoms with Crippen molar-refractivity contribution in [3.8, 4) is 5.69 Å². The molecule has 1 aliphatic carbocycles. The molecule has 1 aromatic heterocycles. The van der Waals surface area contributed by atoms with E-state index in [1.54, 1.807) is 24.3 Å². The lowest BCUT2D eigenvalue weighted by atomic mass is 9.95. The molecule has 1 aromatic carbocycles. The highest BCUT2D eigenvalue weighted by Gasteiger charge is 2.24. The second-order valence-corrected chi connectivity index (χ2v) is 5.69. The molecule has 7 heteroatoms. The van der Waals surface area contributed by atoms with Crippen LogP contribution in [-0.4, -0.2) is 20.7 Å². The van der Waals surface area contributed by atoms with Gasteiger partial charge < -0.3 is 5.32 Å². The molecule has 2 aromatic rings. The molecule has 1 aliphatic rings. The third kappa shape index (κ3) is 3.23. The topological polar surface area (TPSA) is 90.1 Å². The van der Waals surface area contributed by atoms with Gasteiger partial charge >= 0.3 is 11.2 Å². The number of nitrogens with one attached hydrogen (secondary N) is 1. The third-order valence-corrected chi connectivity index (χ3v) is 4.11. The molecule has 0 bridgehead atoms. The lowest BCUT2D eigenvalue weighted by molar-refractivity contribution is -0.384. The number of hydrogen-bond donors (Lipinski definition) is 1. The number of para-hydroxylation sites is 1. The number of aromatic nitrogens is 2. The Morgan fingerprint density at radius 1 is 1.17 bits per heavy atom. The van der Waals surface area contributed by atoms with E-state index in [2.05, 4.69) is 10.4 Å². The van der Waals surface area contributed by atoms with E-state index in [0.29, 0.717) is 5.69 Å². The number of hydrogen-bond acceptors (Lipinski definition) is 5. The average Bonchev–Trinajstić information content (AvgIpc) is 2.58. The summed E-state index contributed by atoms with van der Waals surface area (Å²) >= 11 is 0. The van der Waals surface area contributed by atoms with Gasteiger partial charge in [-0.3, -0.25) is 14.9 Å². The highest BCUT2D eigenvalue weighted by molar-refractivity contribution is 5.60. The van der Waals surface area contributed by atoms with E-state index in [9.17, 15) is 14.9 Å². The predicted octanol–water partition coefficient (Wildman–Crippen LogP) is 2.89. The van der Waals surface area contributed by atoms with Gasteiger partial charge in [0.15, 0.2) is 5.69 Å². The molecule has 0 atom stereocenters. The van der Waals surface area contributed by atoms with Crippen LogP contribution in [0.25, 0.3) is 5.69 Å². The molecule has 0 amide bonds. The predicted molar refractivity (Wildman–Crippen MR) is 87.0 cm³/mol. The second-order valence-electron chi connectivity index (χ2n) is 5.69. The summed E-state index contributed by atoms with van der Waals surface area (Å²) in [5, 5.41) is 18.3. The maximum Gasteiger partial charge on any atom is 0.318 e. The molecule has 120 valence electrons. The van der Waals surface area contributed by atoms with Crippen molar-refractivity contribution >= 4 is 11.4 Å². The van der Waals surface area contributed by atoms with E-state index in [4.69, 9.17) is 0 Å². The number of anilines is 1. The molecule has 23 heavy (non-hydrogen) atoms. The van der Waals surface area contributed by atoms with Gasteiger partial charge in [-0.05, 0) is 25.0 Å². The minimum absolute atomic E-state index is 0.0285. The molecule has 1 saturated carbocycles. The monoisotopic (exact) mass is 314 g/mol. The van der Waals surface area contributed by atoms with E-state index >= 15 is 0 Å². The fourth-order valence-electron chi connectivity index (χ4n) is 2.92. The number of nitro groups is 1. The quantitative estimate of drug-likeness (QED) is 0.692. The highest BCUT2D eigenvalue weighted by atomic mass is 16.6. The summed E-state index contributed by atoms with van der Waals surface area (Å²) in [5.41, 5.74) is -0.149. The lowest BCUT2D eigenvalue weighted by Crippen LogP contribution is -2.31. The standard InChI is InChI=1S/C16H18N4O3/c21-16-15(18-12-7-3-1-4-8-12)14(20(22)23)11-17-19(16)13-9-5-2-6-10-13/h2,5-6,9-12,18H,1,3-4,7-8H2. The summed E-state index contributed by atoms with van der Waals surface area (Å²) in [6.07, 6.45) is 6.30. The number of rotatable bonds is 4. The maximum atomic E-state index is 12.7. The van der Waals surface area contributed by atoms with Crippen LogP contribution in [-0.2, 0) is 0 Å². The van der Waals surface area contributed by atoms with E-state index < -0.39 is 10.5 Å². The Morgan fingerprint density at radius 3 is 2.52 bits per heavy atom. The molecule has 0 saturated heterocycles. The fraction of sp³-hybridized carbons (Fsp3) is 0.375. The van der Waals surface area contributed by atoms with Crippen molar-refractivity contribution in [2.45, 2.75) is 38.1 Å². The first-order chi connectivity index (χ1) is 11.2. The Bertz CT molecular complexity index is 752. The minimum atomic E-state index is -0.561. The van der Waals surface area contributed by atoms with Crippen LogP contribution in [0.1, 0.15) is 32.1 Å². The number of benzene rings is 1. The van der Waals surface area contributed by atoms with Crippen molar-refractivity contribution in [1.29, 1.82) is 0 Å². The van der Waals surface area contributed by atoms with Crippen LogP contribution in [0.5, 0.6) is 0 Å². The first-order valence-electron chi connectivity index (χ1n) is 7.75. The largest absolute Gasteiger partial charge is 0.372 e. The zero-order valence-corrected chi connectivity index (χ0v) is 12.6. The minimum Gasteiger partial charge on any atom is -0.372 e. The number of nitrogens with zero attached hydrogens (tertiary/aromatic N) is 3. The van der Waals surface area contributed by atoms with Crippen LogP contribution < -0.4 is 10.9 Å². The SMILES string of the molecule is O=c1c(NC2CCCCC2)c([N+](=O)[O-])cnn1-c1ccccc1. The Morgan fingerprint density at radius 2 is 1.87 bits per heavy atom. The molecule has 0 radical (unpaired) electrons. The second kappa shape index (κ2) is 6.60. The Balaban J connectivity index is 2.03. The van der Waals surface area contributed by atoms with E-state index in [0.717, 1.165) is 31.9 Å². The van der Waals surface area contributed by atoms with Gasteiger partial charge in [0.1, 0.15) is 6.20 Å². The summed E-state index contributed by atoms with van der Waals surface area (Å²) in [6.45, 7) is 0. The van der Waals surface area contributed by atoms with Crippen LogP contribution in [0.4, 0.5) is 11.4 Å². The van der Waals surface area contributed by atoms with Gasteiger partial charge in [-0.15, -0.1) is 0 Å². The van der Waals surface area contributed by atoms with Gasteiger partial charge in [-0.2, -0.15) is 9.78 Å². The Kier molecular flexibility index (Phi) is 4.36. The zero-order valence-electron chi connectivity index (χ0n) is 12.6. The summed E-state index contributed by atoms with van der Waals surface area (Å²) in [6, 6.07) is 9.00. The molecular formula is C16H18N4O3. The smallest absolute Gasteiger partial charge is 0.318 e. The van der Waals surface area contributed by atoms with Gasteiger partial charge in [0.05, 0.1) is 10.6 Å². The molecule has 7 nitrogen and oxygen atoms in total. The average molecular weight is 314 g/mol. The van der Waals surface area contributed by atoms with Crippen LogP contribution in [0.15, 0.2) is 41.3 Å². The Labute approximate surface area is 133 Å². The molecule has 1 fully saturated rings. The molecule has 1 N–H and O–H groups in total. The van der Waals surface area contributed by atoms with Gasteiger partial charge in [-0.25, -0.2) is 0 Å². The van der Waals surface area contributed by atoms with E-state index in [1.807, 2.05) is 6.07 Å². The Hall–Kier alpha value is -2.70. The fourth-order valence-corrected chi connectivity index (χ4v) is 2.92. The molecule has 3 rings (SSSR count). The highest BCUT2D eigenvalue weighted by Crippen LogP contribution is 2.25. The van der Waals surface area contributed by atoms with Crippen LogP contribution in [0.3, 0.4) is 0 Å². The summed E-state index contributed by atoms with van der Waals surface area (Å²) in [5.74, 6) is 0.